The van der Waals surface area contributed by atoms with E-state index in [1.807, 2.05) is 0 Å². The highest BCUT2D eigenvalue weighted by Gasteiger charge is 2.59. The SMILES string of the molecule is CC(C)CCC[C@H](C)[C@@H]1CC[C@@H]2[C@H]3CC=C4C[C@@H](OC(=O)CCCCl)CC[C@]4(C)[C@@H]3CC[C@]21C. The Morgan fingerprint density at radius 3 is 2.59 bits per heavy atom. The standard InChI is InChI=1S/C31H51ClO2/c1-21(2)8-6-9-22(3)26-13-14-27-25-12-11-23-20-24(34-29(33)10-7-19-32)15-17-30(23,4)28(25)16-18-31(26,27)5/h11,21-22,24-28H,6-10,12-20H2,1-5H3/t22-,24-,25+,26-,27+,28+,30-,31-/m0/s1. The monoisotopic (exact) mass is 490 g/mol. The first-order valence-corrected chi connectivity index (χ1v) is 15.2. The van der Waals surface area contributed by atoms with Crippen LogP contribution >= 0.6 is 11.6 Å². The van der Waals surface area contributed by atoms with Crippen molar-refractivity contribution in [2.24, 2.45) is 46.3 Å². The minimum atomic E-state index is -0.0588. The first-order chi connectivity index (χ1) is 16.2. The van der Waals surface area contributed by atoms with Crippen molar-refractivity contribution in [3.63, 3.8) is 0 Å². The van der Waals surface area contributed by atoms with E-state index in [0.717, 1.165) is 54.8 Å². The molecule has 194 valence electrons. The van der Waals surface area contributed by atoms with Crippen LogP contribution in [0.15, 0.2) is 11.6 Å². The van der Waals surface area contributed by atoms with Gasteiger partial charge in [0.2, 0.25) is 0 Å². The highest BCUT2D eigenvalue weighted by Crippen LogP contribution is 2.67. The topological polar surface area (TPSA) is 26.3 Å². The Morgan fingerprint density at radius 2 is 1.85 bits per heavy atom. The number of carbonyl (C=O) groups is 1. The quantitative estimate of drug-likeness (QED) is 0.183. The normalized spacial score (nSPS) is 40.2. The van der Waals surface area contributed by atoms with Gasteiger partial charge in [0.05, 0.1) is 0 Å². The van der Waals surface area contributed by atoms with Crippen LogP contribution in [0, 0.1) is 46.3 Å². The molecule has 0 aliphatic heterocycles. The van der Waals surface area contributed by atoms with E-state index in [-0.39, 0.29) is 12.1 Å². The van der Waals surface area contributed by atoms with Crippen molar-refractivity contribution in [1.29, 1.82) is 0 Å². The fraction of sp³-hybridized carbons (Fsp3) is 0.903. The molecule has 3 heteroatoms. The molecular formula is C31H51ClO2. The van der Waals surface area contributed by atoms with Gasteiger partial charge >= 0.3 is 5.97 Å². The number of esters is 1. The third-order valence-corrected chi connectivity index (χ3v) is 11.3. The van der Waals surface area contributed by atoms with Crippen LogP contribution in [-0.4, -0.2) is 18.0 Å². The maximum atomic E-state index is 12.2. The third-order valence-electron chi connectivity index (χ3n) is 11.1. The van der Waals surface area contributed by atoms with Crippen LogP contribution in [0.4, 0.5) is 0 Å². The van der Waals surface area contributed by atoms with Gasteiger partial charge in [-0.25, -0.2) is 0 Å². The molecule has 0 N–H and O–H groups in total. The summed E-state index contributed by atoms with van der Waals surface area (Å²) in [6, 6.07) is 0. The molecule has 4 aliphatic rings. The lowest BCUT2D eigenvalue weighted by atomic mass is 9.47. The van der Waals surface area contributed by atoms with E-state index in [2.05, 4.69) is 40.7 Å². The van der Waals surface area contributed by atoms with E-state index >= 15 is 0 Å². The largest absolute Gasteiger partial charge is 0.462 e. The van der Waals surface area contributed by atoms with Gasteiger partial charge in [0.25, 0.3) is 0 Å². The Kier molecular flexibility index (Phi) is 8.48. The van der Waals surface area contributed by atoms with Crippen molar-refractivity contribution in [2.75, 3.05) is 5.88 Å². The highest BCUT2D eigenvalue weighted by atomic mass is 35.5. The zero-order chi connectivity index (χ0) is 24.5. The van der Waals surface area contributed by atoms with Crippen molar-refractivity contribution in [3.05, 3.63) is 11.6 Å². The fourth-order valence-electron chi connectivity index (χ4n) is 9.21. The van der Waals surface area contributed by atoms with Crippen LogP contribution in [0.5, 0.6) is 0 Å². The first kappa shape index (κ1) is 26.6. The van der Waals surface area contributed by atoms with Crippen LogP contribution in [-0.2, 0) is 9.53 Å². The number of hydrogen-bond donors (Lipinski definition) is 0. The average molecular weight is 491 g/mol. The zero-order valence-corrected chi connectivity index (χ0v) is 23.5. The predicted octanol–water partition coefficient (Wildman–Crippen LogP) is 8.96. The number of alkyl halides is 1. The van der Waals surface area contributed by atoms with Crippen molar-refractivity contribution in [2.45, 2.75) is 124 Å². The molecule has 2 nitrogen and oxygen atoms in total. The number of hydrogen-bond acceptors (Lipinski definition) is 2. The van der Waals surface area contributed by atoms with Crippen LogP contribution in [0.1, 0.15) is 118 Å². The molecule has 0 saturated heterocycles. The van der Waals surface area contributed by atoms with E-state index in [0.29, 0.717) is 23.1 Å². The van der Waals surface area contributed by atoms with Crippen LogP contribution in [0.3, 0.4) is 0 Å². The van der Waals surface area contributed by atoms with Gasteiger partial charge in [0, 0.05) is 18.7 Å². The van der Waals surface area contributed by atoms with E-state index in [1.165, 1.54) is 57.8 Å². The molecule has 3 saturated carbocycles. The molecule has 8 atom stereocenters. The highest BCUT2D eigenvalue weighted by molar-refractivity contribution is 6.17. The Labute approximate surface area is 215 Å². The second kappa shape index (κ2) is 10.9. The second-order valence-corrected chi connectivity index (χ2v) is 13.8. The van der Waals surface area contributed by atoms with Gasteiger partial charge in [-0.2, -0.15) is 0 Å². The summed E-state index contributed by atoms with van der Waals surface area (Å²) in [5.41, 5.74) is 2.48. The number of ether oxygens (including phenoxy) is 1. The van der Waals surface area contributed by atoms with Gasteiger partial charge in [-0.3, -0.25) is 4.79 Å². The molecule has 0 aromatic rings. The lowest BCUT2D eigenvalue weighted by Crippen LogP contribution is -2.51. The summed E-state index contributed by atoms with van der Waals surface area (Å²) >= 11 is 5.75. The Balaban J connectivity index is 1.41. The average Bonchev–Trinajstić information content (AvgIpc) is 3.15. The molecule has 0 aromatic heterocycles. The maximum Gasteiger partial charge on any atom is 0.306 e. The summed E-state index contributed by atoms with van der Waals surface area (Å²) in [4.78, 5) is 12.2. The molecule has 0 bridgehead atoms. The van der Waals surface area contributed by atoms with Crippen LogP contribution in [0.2, 0.25) is 0 Å². The van der Waals surface area contributed by atoms with Crippen LogP contribution in [0.25, 0.3) is 0 Å². The second-order valence-electron chi connectivity index (χ2n) is 13.4. The number of fused-ring (bicyclic) bond motifs is 5. The van der Waals surface area contributed by atoms with E-state index in [4.69, 9.17) is 16.3 Å². The molecule has 3 fully saturated rings. The molecule has 0 heterocycles. The zero-order valence-electron chi connectivity index (χ0n) is 22.7. The van der Waals surface area contributed by atoms with Gasteiger partial charge in [0.1, 0.15) is 6.10 Å². The maximum absolute atomic E-state index is 12.2. The Bertz CT molecular complexity index is 744. The lowest BCUT2D eigenvalue weighted by molar-refractivity contribution is -0.151. The van der Waals surface area contributed by atoms with E-state index < -0.39 is 0 Å². The minimum Gasteiger partial charge on any atom is -0.462 e. The van der Waals surface area contributed by atoms with Crippen molar-refractivity contribution in [3.8, 4) is 0 Å². The molecule has 4 aliphatic carbocycles. The summed E-state index contributed by atoms with van der Waals surface area (Å²) in [7, 11) is 0. The third kappa shape index (κ3) is 5.14. The van der Waals surface area contributed by atoms with Crippen molar-refractivity contribution < 1.29 is 9.53 Å². The molecule has 0 amide bonds. The van der Waals surface area contributed by atoms with E-state index in [9.17, 15) is 4.79 Å². The minimum absolute atomic E-state index is 0.0588. The van der Waals surface area contributed by atoms with Crippen molar-refractivity contribution >= 4 is 17.6 Å². The molecule has 0 aromatic carbocycles. The number of allylic oxidation sites excluding steroid dienone is 1. The Morgan fingerprint density at radius 1 is 1.06 bits per heavy atom. The van der Waals surface area contributed by atoms with Gasteiger partial charge in [-0.05, 0) is 97.7 Å². The van der Waals surface area contributed by atoms with Gasteiger partial charge in [-0.1, -0.05) is 65.5 Å². The fourth-order valence-corrected chi connectivity index (χ4v) is 9.34. The summed E-state index contributed by atoms with van der Waals surface area (Å²) in [6.07, 6.45) is 18.3. The summed E-state index contributed by atoms with van der Waals surface area (Å²) in [5.74, 6) is 5.70. The molecule has 0 radical (unpaired) electrons. The van der Waals surface area contributed by atoms with Gasteiger partial charge in [0.15, 0.2) is 0 Å². The molecule has 34 heavy (non-hydrogen) atoms. The van der Waals surface area contributed by atoms with Gasteiger partial charge in [-0.15, -0.1) is 11.6 Å². The lowest BCUT2D eigenvalue weighted by Gasteiger charge is -2.58. The number of halogens is 1. The smallest absolute Gasteiger partial charge is 0.306 e. The summed E-state index contributed by atoms with van der Waals surface area (Å²) < 4.78 is 5.86. The number of carbonyl (C=O) groups excluding carboxylic acids is 1. The summed E-state index contributed by atoms with van der Waals surface area (Å²) in [6.45, 7) is 12.5. The van der Waals surface area contributed by atoms with E-state index in [1.54, 1.807) is 5.57 Å². The van der Waals surface area contributed by atoms with Crippen LogP contribution < -0.4 is 0 Å². The molecule has 0 unspecified atom stereocenters. The molecule has 0 spiro atoms. The van der Waals surface area contributed by atoms with Crippen molar-refractivity contribution in [1.82, 2.24) is 0 Å². The Hall–Kier alpha value is -0.500. The molecule has 4 rings (SSSR count). The predicted molar refractivity (Wildman–Crippen MR) is 143 cm³/mol. The molecular weight excluding hydrogens is 440 g/mol. The summed E-state index contributed by atoms with van der Waals surface area (Å²) in [5, 5.41) is 0. The number of rotatable bonds is 9. The first-order valence-electron chi connectivity index (χ1n) is 14.6. The van der Waals surface area contributed by atoms with Gasteiger partial charge < -0.3 is 4.74 Å².